The number of H-pyrrole nitrogens is 1. The van der Waals surface area contributed by atoms with Gasteiger partial charge in [-0.05, 0) is 53.8 Å². The van der Waals surface area contributed by atoms with Crippen LogP contribution in [-0.4, -0.2) is 73.1 Å². The number of carbonyl (C=O) groups excluding carboxylic acids is 2. The Bertz CT molecular complexity index is 1470. The van der Waals surface area contributed by atoms with Crippen molar-refractivity contribution in [2.24, 2.45) is 0 Å². The topological polar surface area (TPSA) is 109 Å². The number of rotatable bonds is 17. The molecule has 5 rings (SSSR count). The van der Waals surface area contributed by atoms with Crippen molar-refractivity contribution in [2.45, 2.75) is 31.5 Å². The van der Waals surface area contributed by atoms with E-state index in [0.29, 0.717) is 65.3 Å². The minimum absolute atomic E-state index is 0.0961. The Balaban J connectivity index is 1.33. The highest BCUT2D eigenvalue weighted by Crippen LogP contribution is 2.38. The van der Waals surface area contributed by atoms with Crippen molar-refractivity contribution in [3.8, 4) is 16.9 Å². The van der Waals surface area contributed by atoms with Gasteiger partial charge in [-0.3, -0.25) is 14.8 Å². The summed E-state index contributed by atoms with van der Waals surface area (Å²) in [5.41, 5.74) is 4.26. The van der Waals surface area contributed by atoms with E-state index in [-0.39, 0.29) is 6.03 Å². The summed E-state index contributed by atoms with van der Waals surface area (Å²) >= 11 is 0. The third-order valence-corrected chi connectivity index (χ3v) is 7.99. The van der Waals surface area contributed by atoms with E-state index < -0.39 is 5.54 Å². The number of carbonyl (C=O) groups is 2. The van der Waals surface area contributed by atoms with E-state index in [9.17, 15) is 9.59 Å². The monoisotopic (exact) mass is 597 g/mol. The molecule has 0 aliphatic carbocycles. The summed E-state index contributed by atoms with van der Waals surface area (Å²) in [6.45, 7) is 3.15. The summed E-state index contributed by atoms with van der Waals surface area (Å²) < 4.78 is 17.3. The zero-order valence-corrected chi connectivity index (χ0v) is 25.0. The van der Waals surface area contributed by atoms with Crippen LogP contribution in [0.3, 0.4) is 0 Å². The number of benzene rings is 3. The number of hydrogen-bond donors (Lipinski definition) is 2. The van der Waals surface area contributed by atoms with Gasteiger partial charge < -0.3 is 24.4 Å². The minimum Gasteiger partial charge on any atom is -0.497 e. The Morgan fingerprint density at radius 1 is 0.932 bits per heavy atom. The van der Waals surface area contributed by atoms with Crippen LogP contribution in [0.5, 0.6) is 5.75 Å². The highest BCUT2D eigenvalue weighted by atomic mass is 16.5. The van der Waals surface area contributed by atoms with Crippen LogP contribution in [-0.2, 0) is 27.4 Å². The lowest BCUT2D eigenvalue weighted by Gasteiger charge is -2.37. The number of amides is 3. The predicted molar refractivity (Wildman–Crippen MR) is 168 cm³/mol. The molecule has 0 radical (unpaired) electrons. The van der Waals surface area contributed by atoms with Crippen molar-refractivity contribution in [3.63, 3.8) is 0 Å². The number of ether oxygens (including phenoxy) is 3. The van der Waals surface area contributed by atoms with Crippen molar-refractivity contribution in [2.75, 3.05) is 44.9 Å². The molecular formula is C34H39N5O5. The summed E-state index contributed by atoms with van der Waals surface area (Å²) in [6.07, 6.45) is 5.46. The average Bonchev–Trinajstić information content (AvgIpc) is 3.69. The zero-order chi connectivity index (χ0) is 30.6. The van der Waals surface area contributed by atoms with Crippen LogP contribution in [0.15, 0.2) is 91.3 Å². The molecule has 1 saturated heterocycles. The molecule has 1 atom stereocenters. The number of urea groups is 1. The summed E-state index contributed by atoms with van der Waals surface area (Å²) in [7, 11) is 1.63. The summed E-state index contributed by atoms with van der Waals surface area (Å²) in [4.78, 5) is 29.1. The fourth-order valence-corrected chi connectivity index (χ4v) is 5.59. The van der Waals surface area contributed by atoms with Gasteiger partial charge in [0.15, 0.2) is 0 Å². The van der Waals surface area contributed by atoms with E-state index in [0.717, 1.165) is 33.7 Å². The van der Waals surface area contributed by atoms with Crippen LogP contribution >= 0.6 is 0 Å². The van der Waals surface area contributed by atoms with Gasteiger partial charge in [-0.1, -0.05) is 54.6 Å². The molecule has 4 aromatic rings. The van der Waals surface area contributed by atoms with E-state index in [1.807, 2.05) is 94.9 Å². The van der Waals surface area contributed by atoms with E-state index in [2.05, 4.69) is 15.5 Å². The molecule has 0 bridgehead atoms. The zero-order valence-electron chi connectivity index (χ0n) is 25.0. The van der Waals surface area contributed by atoms with Gasteiger partial charge in [-0.25, -0.2) is 4.79 Å². The van der Waals surface area contributed by atoms with Crippen molar-refractivity contribution in [1.82, 2.24) is 20.4 Å². The van der Waals surface area contributed by atoms with Gasteiger partial charge in [-0.2, -0.15) is 5.10 Å². The second-order valence-corrected chi connectivity index (χ2v) is 10.8. The van der Waals surface area contributed by atoms with Crippen molar-refractivity contribution >= 4 is 18.1 Å². The first-order chi connectivity index (χ1) is 21.6. The molecule has 3 amide bonds. The number of anilines is 1. The minimum atomic E-state index is -0.593. The molecule has 2 heterocycles. The van der Waals surface area contributed by atoms with Crippen LogP contribution in [0.25, 0.3) is 11.1 Å². The van der Waals surface area contributed by atoms with Gasteiger partial charge in [0.25, 0.3) is 0 Å². The average molecular weight is 598 g/mol. The summed E-state index contributed by atoms with van der Waals surface area (Å²) in [5.74, 6) is 0.730. The first-order valence-corrected chi connectivity index (χ1v) is 14.8. The Morgan fingerprint density at radius 3 is 2.48 bits per heavy atom. The molecule has 1 fully saturated rings. The number of aromatic nitrogens is 2. The molecule has 44 heavy (non-hydrogen) atoms. The van der Waals surface area contributed by atoms with Gasteiger partial charge in [-0.15, -0.1) is 0 Å². The first-order valence-electron chi connectivity index (χ1n) is 14.8. The van der Waals surface area contributed by atoms with Gasteiger partial charge in [0.2, 0.25) is 6.41 Å². The Labute approximate surface area is 257 Å². The summed E-state index contributed by atoms with van der Waals surface area (Å²) in [6, 6.07) is 25.6. The van der Waals surface area contributed by atoms with E-state index >= 15 is 0 Å². The molecule has 230 valence electrons. The molecule has 0 spiro atoms. The normalized spacial score (nSPS) is 16.3. The second kappa shape index (κ2) is 15.2. The molecule has 1 unspecified atom stereocenters. The third-order valence-electron chi connectivity index (χ3n) is 7.99. The number of methoxy groups -OCH3 is 1. The predicted octanol–water partition coefficient (Wildman–Crippen LogP) is 5.03. The molecular weight excluding hydrogens is 558 g/mol. The highest BCUT2D eigenvalue weighted by molar-refractivity contribution is 5.95. The third kappa shape index (κ3) is 7.64. The molecule has 0 saturated carbocycles. The lowest BCUT2D eigenvalue weighted by molar-refractivity contribution is -0.109. The molecule has 10 nitrogen and oxygen atoms in total. The molecule has 1 aliphatic rings. The molecule has 3 aromatic carbocycles. The smallest absolute Gasteiger partial charge is 0.325 e. The van der Waals surface area contributed by atoms with Crippen molar-refractivity contribution < 1.29 is 23.8 Å². The van der Waals surface area contributed by atoms with Crippen LogP contribution in [0, 0.1) is 0 Å². The largest absolute Gasteiger partial charge is 0.497 e. The van der Waals surface area contributed by atoms with Crippen LogP contribution in [0.4, 0.5) is 10.5 Å². The van der Waals surface area contributed by atoms with Crippen LogP contribution < -0.4 is 15.0 Å². The van der Waals surface area contributed by atoms with Crippen LogP contribution in [0.2, 0.25) is 0 Å². The van der Waals surface area contributed by atoms with E-state index in [1.54, 1.807) is 13.3 Å². The highest BCUT2D eigenvalue weighted by Gasteiger charge is 2.49. The number of nitrogens with one attached hydrogen (secondary N) is 2. The second-order valence-electron chi connectivity index (χ2n) is 10.8. The number of nitrogens with zero attached hydrogens (tertiary/aromatic N) is 3. The number of hydrogen-bond acceptors (Lipinski definition) is 6. The quantitative estimate of drug-likeness (QED) is 0.131. The maximum absolute atomic E-state index is 14.2. The van der Waals surface area contributed by atoms with Gasteiger partial charge in [0.1, 0.15) is 5.75 Å². The van der Waals surface area contributed by atoms with E-state index in [4.69, 9.17) is 14.2 Å². The fraction of sp³-hybridized carbons (Fsp3) is 0.324. The lowest BCUT2D eigenvalue weighted by atomic mass is 9.89. The van der Waals surface area contributed by atoms with E-state index in [1.165, 1.54) is 0 Å². The first kappa shape index (κ1) is 30.8. The molecule has 1 aromatic heterocycles. The lowest BCUT2D eigenvalue weighted by Crippen LogP contribution is -2.49. The fourth-order valence-electron chi connectivity index (χ4n) is 5.59. The van der Waals surface area contributed by atoms with Gasteiger partial charge >= 0.3 is 6.03 Å². The molecule has 10 heteroatoms. The SMILES string of the molecule is COc1cccc(CN2C(=O)N(c3ccc(-c4cn[nH]c4)cc3)CC2(CCNC=O)CCOCCOCc2ccccc2)c1. The molecule has 2 N–H and O–H groups in total. The standard InChI is InChI=1S/C34H39N5O5/c1-42-32-9-5-8-28(20-32)23-39-33(41)38(31-12-10-29(11-13-31)30-21-36-37-22-30)25-34(39,14-16-35-26-40)15-17-43-18-19-44-24-27-6-3-2-4-7-27/h2-13,20-22,26H,14-19,23-25H2,1H3,(H,35,40)(H,36,37). The van der Waals surface area contributed by atoms with Gasteiger partial charge in [0, 0.05) is 37.1 Å². The maximum atomic E-state index is 14.2. The number of aromatic amines is 1. The van der Waals surface area contributed by atoms with Gasteiger partial charge in [0.05, 0.1) is 45.2 Å². The maximum Gasteiger partial charge on any atom is 0.325 e. The van der Waals surface area contributed by atoms with Crippen LogP contribution in [0.1, 0.15) is 24.0 Å². The molecule has 1 aliphatic heterocycles. The Kier molecular flexibility index (Phi) is 10.6. The van der Waals surface area contributed by atoms with Crippen molar-refractivity contribution in [3.05, 3.63) is 102 Å². The summed E-state index contributed by atoms with van der Waals surface area (Å²) in [5, 5.41) is 9.68. The van der Waals surface area contributed by atoms with Crippen molar-refractivity contribution in [1.29, 1.82) is 0 Å². The Hall–Kier alpha value is -4.67. The Morgan fingerprint density at radius 2 is 1.73 bits per heavy atom.